The fourth-order valence-corrected chi connectivity index (χ4v) is 2.08. The minimum Gasteiger partial charge on any atom is -0.341 e. The predicted molar refractivity (Wildman–Crippen MR) is 60.7 cm³/mol. The van der Waals surface area contributed by atoms with Crippen molar-refractivity contribution in [3.8, 4) is 0 Å². The number of hydrogen-bond donors (Lipinski definition) is 0. The van der Waals surface area contributed by atoms with Crippen LogP contribution in [0.1, 0.15) is 12.8 Å². The molecule has 0 saturated carbocycles. The van der Waals surface area contributed by atoms with Crippen molar-refractivity contribution in [2.45, 2.75) is 19.0 Å². The fraction of sp³-hybridized carbons (Fsp3) is 0.600. The van der Waals surface area contributed by atoms with E-state index in [0.717, 1.165) is 4.47 Å². The van der Waals surface area contributed by atoms with Crippen molar-refractivity contribution in [2.24, 2.45) is 5.92 Å². The SMILES string of the molecule is FC(F)(F)C1CCN(c2ncc(Br)cn2)CC1. The highest BCUT2D eigenvalue weighted by molar-refractivity contribution is 9.10. The van der Waals surface area contributed by atoms with Crippen LogP contribution in [0.25, 0.3) is 0 Å². The van der Waals surface area contributed by atoms with Crippen LogP contribution in [-0.4, -0.2) is 29.2 Å². The Morgan fingerprint density at radius 1 is 1.18 bits per heavy atom. The Morgan fingerprint density at radius 3 is 2.18 bits per heavy atom. The fourth-order valence-electron chi connectivity index (χ4n) is 1.88. The molecule has 0 bridgehead atoms. The highest BCUT2D eigenvalue weighted by Gasteiger charge is 2.41. The number of rotatable bonds is 1. The summed E-state index contributed by atoms with van der Waals surface area (Å²) in [7, 11) is 0. The summed E-state index contributed by atoms with van der Waals surface area (Å²) in [6.45, 7) is 0.706. The molecular formula is C10H11BrF3N3. The van der Waals surface area contributed by atoms with E-state index in [1.165, 1.54) is 0 Å². The van der Waals surface area contributed by atoms with Gasteiger partial charge in [-0.1, -0.05) is 0 Å². The average molecular weight is 310 g/mol. The molecule has 7 heteroatoms. The van der Waals surface area contributed by atoms with Gasteiger partial charge in [-0.05, 0) is 28.8 Å². The van der Waals surface area contributed by atoms with E-state index in [-0.39, 0.29) is 12.8 Å². The second kappa shape index (κ2) is 4.80. The van der Waals surface area contributed by atoms with Gasteiger partial charge < -0.3 is 4.90 Å². The zero-order chi connectivity index (χ0) is 12.5. The molecule has 2 rings (SSSR count). The van der Waals surface area contributed by atoms with Crippen LogP contribution in [-0.2, 0) is 0 Å². The third kappa shape index (κ3) is 3.08. The number of nitrogens with zero attached hydrogens (tertiary/aromatic N) is 3. The van der Waals surface area contributed by atoms with Gasteiger partial charge in [0.2, 0.25) is 5.95 Å². The molecule has 0 aliphatic carbocycles. The van der Waals surface area contributed by atoms with E-state index < -0.39 is 12.1 Å². The summed E-state index contributed by atoms with van der Waals surface area (Å²) in [5.41, 5.74) is 0. The molecule has 1 aromatic rings. The molecule has 0 N–H and O–H groups in total. The third-order valence-electron chi connectivity index (χ3n) is 2.85. The lowest BCUT2D eigenvalue weighted by Crippen LogP contribution is -2.39. The van der Waals surface area contributed by atoms with E-state index in [4.69, 9.17) is 0 Å². The normalized spacial score (nSPS) is 18.5. The van der Waals surface area contributed by atoms with Crippen LogP contribution >= 0.6 is 15.9 Å². The number of aromatic nitrogens is 2. The molecule has 0 aromatic carbocycles. The number of alkyl halides is 3. The van der Waals surface area contributed by atoms with Crippen LogP contribution in [0.15, 0.2) is 16.9 Å². The van der Waals surface area contributed by atoms with E-state index in [1.807, 2.05) is 0 Å². The Hall–Kier alpha value is -0.850. The second-order valence-electron chi connectivity index (χ2n) is 4.00. The quantitative estimate of drug-likeness (QED) is 0.798. The first-order valence-electron chi connectivity index (χ1n) is 5.26. The maximum atomic E-state index is 12.5. The highest BCUT2D eigenvalue weighted by Crippen LogP contribution is 2.34. The smallest absolute Gasteiger partial charge is 0.341 e. The van der Waals surface area contributed by atoms with Gasteiger partial charge in [0.05, 0.1) is 10.4 Å². The Morgan fingerprint density at radius 2 is 1.71 bits per heavy atom. The first kappa shape index (κ1) is 12.6. The van der Waals surface area contributed by atoms with Crippen LogP contribution in [0.2, 0.25) is 0 Å². The van der Waals surface area contributed by atoms with Crippen molar-refractivity contribution in [3.05, 3.63) is 16.9 Å². The molecule has 0 amide bonds. The van der Waals surface area contributed by atoms with Gasteiger partial charge in [-0.15, -0.1) is 0 Å². The first-order chi connectivity index (χ1) is 7.97. The van der Waals surface area contributed by atoms with Crippen LogP contribution in [0, 0.1) is 5.92 Å². The van der Waals surface area contributed by atoms with Gasteiger partial charge in [0.15, 0.2) is 0 Å². The molecule has 94 valence electrons. The van der Waals surface area contributed by atoms with Crippen molar-refractivity contribution in [3.63, 3.8) is 0 Å². The molecular weight excluding hydrogens is 299 g/mol. The van der Waals surface area contributed by atoms with Crippen LogP contribution in [0.4, 0.5) is 19.1 Å². The lowest BCUT2D eigenvalue weighted by Gasteiger charge is -2.32. The molecule has 3 nitrogen and oxygen atoms in total. The predicted octanol–water partition coefficient (Wildman–Crippen LogP) is 3.02. The van der Waals surface area contributed by atoms with Gasteiger partial charge in [-0.3, -0.25) is 0 Å². The molecule has 0 unspecified atom stereocenters. The number of anilines is 1. The van der Waals surface area contributed by atoms with Gasteiger partial charge >= 0.3 is 6.18 Å². The summed E-state index contributed by atoms with van der Waals surface area (Å²) < 4.78 is 38.2. The monoisotopic (exact) mass is 309 g/mol. The average Bonchev–Trinajstić information content (AvgIpc) is 2.29. The highest BCUT2D eigenvalue weighted by atomic mass is 79.9. The minimum absolute atomic E-state index is 0.114. The summed E-state index contributed by atoms with van der Waals surface area (Å²) >= 11 is 3.21. The summed E-state index contributed by atoms with van der Waals surface area (Å²) in [4.78, 5) is 9.94. The molecule has 0 atom stereocenters. The summed E-state index contributed by atoms with van der Waals surface area (Å²) in [5, 5.41) is 0. The molecule has 1 aromatic heterocycles. The van der Waals surface area contributed by atoms with Gasteiger partial charge in [0.1, 0.15) is 0 Å². The van der Waals surface area contributed by atoms with Crippen LogP contribution < -0.4 is 4.90 Å². The third-order valence-corrected chi connectivity index (χ3v) is 3.26. The maximum absolute atomic E-state index is 12.5. The molecule has 1 aliphatic rings. The maximum Gasteiger partial charge on any atom is 0.391 e. The number of halogens is 4. The molecule has 2 heterocycles. The Balaban J connectivity index is 1.97. The van der Waals surface area contributed by atoms with Crippen molar-refractivity contribution < 1.29 is 13.2 Å². The zero-order valence-electron chi connectivity index (χ0n) is 8.91. The van der Waals surface area contributed by atoms with Crippen molar-refractivity contribution in [2.75, 3.05) is 18.0 Å². The van der Waals surface area contributed by atoms with E-state index in [1.54, 1.807) is 17.3 Å². The van der Waals surface area contributed by atoms with Crippen molar-refractivity contribution in [1.82, 2.24) is 9.97 Å². The largest absolute Gasteiger partial charge is 0.391 e. The standard InChI is InChI=1S/C10H11BrF3N3/c11-8-5-15-9(16-6-8)17-3-1-7(2-4-17)10(12,13)14/h5-7H,1-4H2. The van der Waals surface area contributed by atoms with Gasteiger partial charge in [-0.25, -0.2) is 9.97 Å². The lowest BCUT2D eigenvalue weighted by molar-refractivity contribution is -0.179. The van der Waals surface area contributed by atoms with Crippen molar-refractivity contribution >= 4 is 21.9 Å². The molecule has 1 aliphatic heterocycles. The lowest BCUT2D eigenvalue weighted by atomic mass is 9.96. The summed E-state index contributed by atoms with van der Waals surface area (Å²) in [6, 6.07) is 0. The first-order valence-corrected chi connectivity index (χ1v) is 6.05. The van der Waals surface area contributed by atoms with Gasteiger partial charge in [0.25, 0.3) is 0 Å². The van der Waals surface area contributed by atoms with Crippen LogP contribution in [0.5, 0.6) is 0 Å². The molecule has 0 spiro atoms. The van der Waals surface area contributed by atoms with E-state index in [0.29, 0.717) is 19.0 Å². The summed E-state index contributed by atoms with van der Waals surface area (Å²) in [6.07, 6.45) is -0.658. The van der Waals surface area contributed by atoms with E-state index >= 15 is 0 Å². The Kier molecular flexibility index (Phi) is 3.56. The van der Waals surface area contributed by atoms with E-state index in [9.17, 15) is 13.2 Å². The molecule has 0 radical (unpaired) electrons. The minimum atomic E-state index is -4.08. The Bertz CT molecular complexity index is 371. The molecule has 17 heavy (non-hydrogen) atoms. The van der Waals surface area contributed by atoms with Gasteiger partial charge in [0, 0.05) is 25.5 Å². The Labute approximate surface area is 105 Å². The molecule has 1 saturated heterocycles. The molecule has 1 fully saturated rings. The zero-order valence-corrected chi connectivity index (χ0v) is 10.5. The summed E-state index contributed by atoms with van der Waals surface area (Å²) in [5.74, 6) is -0.692. The number of hydrogen-bond acceptors (Lipinski definition) is 3. The number of piperidine rings is 1. The second-order valence-corrected chi connectivity index (χ2v) is 4.92. The van der Waals surface area contributed by atoms with Crippen LogP contribution in [0.3, 0.4) is 0 Å². The van der Waals surface area contributed by atoms with E-state index in [2.05, 4.69) is 25.9 Å². The van der Waals surface area contributed by atoms with Gasteiger partial charge in [-0.2, -0.15) is 13.2 Å². The van der Waals surface area contributed by atoms with Crippen molar-refractivity contribution in [1.29, 1.82) is 0 Å². The topological polar surface area (TPSA) is 29.0 Å².